The van der Waals surface area contributed by atoms with Crippen LogP contribution in [0.5, 0.6) is 5.75 Å². The number of hydrogen-bond donors (Lipinski definition) is 2. The average molecular weight is 354 g/mol. The number of nitrogens with zero attached hydrogens (tertiary/aromatic N) is 1. The van der Waals surface area contributed by atoms with Gasteiger partial charge in [0, 0.05) is 30.3 Å². The van der Waals surface area contributed by atoms with Crippen LogP contribution in [0.25, 0.3) is 11.0 Å². The molecule has 7 heteroatoms. The van der Waals surface area contributed by atoms with E-state index in [9.17, 15) is 19.5 Å². The van der Waals surface area contributed by atoms with Crippen molar-refractivity contribution in [1.29, 1.82) is 0 Å². The Kier molecular flexibility index (Phi) is 4.38. The summed E-state index contributed by atoms with van der Waals surface area (Å²) >= 11 is 0. The SMILES string of the molecule is Cc1cc(NC(=O)Cc2c(C)c3ccc(O)cc3oc2=O)cn(C)c1=O. The van der Waals surface area contributed by atoms with Gasteiger partial charge < -0.3 is 19.4 Å². The third-order valence-corrected chi connectivity index (χ3v) is 4.25. The maximum atomic E-state index is 12.4. The van der Waals surface area contributed by atoms with Crippen molar-refractivity contribution in [3.8, 4) is 5.75 Å². The molecule has 0 saturated heterocycles. The van der Waals surface area contributed by atoms with Gasteiger partial charge in [0.05, 0.1) is 17.7 Å². The molecule has 0 aliphatic heterocycles. The van der Waals surface area contributed by atoms with Crippen molar-refractivity contribution in [2.75, 3.05) is 5.32 Å². The van der Waals surface area contributed by atoms with Crippen LogP contribution in [0, 0.1) is 13.8 Å². The molecule has 3 aromatic rings. The maximum absolute atomic E-state index is 12.4. The summed E-state index contributed by atoms with van der Waals surface area (Å²) in [6.45, 7) is 3.39. The molecule has 7 nitrogen and oxygen atoms in total. The number of aromatic nitrogens is 1. The van der Waals surface area contributed by atoms with Crippen LogP contribution in [0.2, 0.25) is 0 Å². The van der Waals surface area contributed by atoms with Gasteiger partial charge in [0.2, 0.25) is 5.91 Å². The van der Waals surface area contributed by atoms with Gasteiger partial charge in [-0.3, -0.25) is 9.59 Å². The van der Waals surface area contributed by atoms with Gasteiger partial charge in [-0.05, 0) is 37.6 Å². The number of carbonyl (C=O) groups excluding carboxylic acids is 1. The zero-order valence-electron chi connectivity index (χ0n) is 14.6. The minimum atomic E-state index is -0.618. The fourth-order valence-electron chi connectivity index (χ4n) is 2.90. The van der Waals surface area contributed by atoms with Crippen LogP contribution in [-0.2, 0) is 18.3 Å². The number of pyridine rings is 1. The lowest BCUT2D eigenvalue weighted by atomic mass is 10.0. The minimum Gasteiger partial charge on any atom is -0.508 e. The first-order chi connectivity index (χ1) is 12.3. The van der Waals surface area contributed by atoms with Crippen LogP contribution >= 0.6 is 0 Å². The molecule has 26 heavy (non-hydrogen) atoms. The number of carbonyl (C=O) groups is 1. The summed E-state index contributed by atoms with van der Waals surface area (Å²) < 4.78 is 6.60. The molecule has 2 N–H and O–H groups in total. The van der Waals surface area contributed by atoms with Crippen molar-refractivity contribution < 1.29 is 14.3 Å². The molecular formula is C19H18N2O5. The molecule has 3 rings (SSSR count). The van der Waals surface area contributed by atoms with Gasteiger partial charge in [0.25, 0.3) is 5.56 Å². The lowest BCUT2D eigenvalue weighted by Crippen LogP contribution is -2.23. The van der Waals surface area contributed by atoms with Crippen molar-refractivity contribution in [2.45, 2.75) is 20.3 Å². The Morgan fingerprint density at radius 2 is 1.96 bits per heavy atom. The number of phenols is 1. The van der Waals surface area contributed by atoms with Crippen LogP contribution in [-0.4, -0.2) is 15.6 Å². The Hall–Kier alpha value is -3.35. The van der Waals surface area contributed by atoms with Crippen LogP contribution in [0.1, 0.15) is 16.7 Å². The van der Waals surface area contributed by atoms with Gasteiger partial charge in [-0.2, -0.15) is 0 Å². The summed E-state index contributed by atoms with van der Waals surface area (Å²) in [6.07, 6.45) is 1.36. The van der Waals surface area contributed by atoms with Gasteiger partial charge in [-0.25, -0.2) is 4.79 Å². The molecule has 1 amide bonds. The molecule has 0 atom stereocenters. The summed E-state index contributed by atoms with van der Waals surface area (Å²) in [7, 11) is 1.60. The normalized spacial score (nSPS) is 10.9. The average Bonchev–Trinajstić information content (AvgIpc) is 2.56. The first-order valence-electron chi connectivity index (χ1n) is 7.98. The van der Waals surface area contributed by atoms with E-state index in [1.807, 2.05) is 0 Å². The molecule has 2 aromatic heterocycles. The number of hydrogen-bond acceptors (Lipinski definition) is 5. The van der Waals surface area contributed by atoms with Crippen molar-refractivity contribution in [3.63, 3.8) is 0 Å². The van der Waals surface area contributed by atoms with E-state index in [2.05, 4.69) is 5.32 Å². The predicted molar refractivity (Wildman–Crippen MR) is 97.6 cm³/mol. The first-order valence-corrected chi connectivity index (χ1v) is 7.98. The molecule has 0 spiro atoms. The van der Waals surface area contributed by atoms with Crippen LogP contribution < -0.4 is 16.5 Å². The lowest BCUT2D eigenvalue weighted by molar-refractivity contribution is -0.115. The highest BCUT2D eigenvalue weighted by Gasteiger charge is 2.16. The molecule has 0 unspecified atom stereocenters. The second-order valence-electron chi connectivity index (χ2n) is 6.23. The highest BCUT2D eigenvalue weighted by Crippen LogP contribution is 2.23. The number of amides is 1. The van der Waals surface area contributed by atoms with E-state index in [1.54, 1.807) is 33.0 Å². The zero-order valence-corrected chi connectivity index (χ0v) is 14.6. The number of phenolic OH excluding ortho intramolecular Hbond substituents is 1. The first kappa shape index (κ1) is 17.5. The number of anilines is 1. The quantitative estimate of drug-likeness (QED) is 0.701. The Bertz CT molecular complexity index is 1110. The second-order valence-corrected chi connectivity index (χ2v) is 6.23. The molecular weight excluding hydrogens is 336 g/mol. The van der Waals surface area contributed by atoms with E-state index in [1.165, 1.54) is 22.9 Å². The molecule has 0 bridgehead atoms. The summed E-state index contributed by atoms with van der Waals surface area (Å²) in [5.74, 6) is -0.396. The number of rotatable bonds is 3. The molecule has 1 aromatic carbocycles. The van der Waals surface area contributed by atoms with E-state index in [-0.39, 0.29) is 28.9 Å². The smallest absolute Gasteiger partial charge is 0.340 e. The highest BCUT2D eigenvalue weighted by atomic mass is 16.4. The number of fused-ring (bicyclic) bond motifs is 1. The Balaban J connectivity index is 1.91. The number of nitrogens with one attached hydrogen (secondary N) is 1. The fraction of sp³-hybridized carbons (Fsp3) is 0.211. The summed E-state index contributed by atoms with van der Waals surface area (Å²) in [5.41, 5.74) is 1.37. The van der Waals surface area contributed by atoms with Crippen LogP contribution in [0.4, 0.5) is 5.69 Å². The van der Waals surface area contributed by atoms with E-state index in [4.69, 9.17) is 4.42 Å². The topological polar surface area (TPSA) is 102 Å². The number of aryl methyl sites for hydroxylation is 3. The molecule has 0 fully saturated rings. The van der Waals surface area contributed by atoms with Gasteiger partial charge >= 0.3 is 5.63 Å². The van der Waals surface area contributed by atoms with Crippen molar-refractivity contribution in [3.05, 3.63) is 67.9 Å². The Morgan fingerprint density at radius 1 is 1.23 bits per heavy atom. The van der Waals surface area contributed by atoms with E-state index >= 15 is 0 Å². The van der Waals surface area contributed by atoms with Gasteiger partial charge in [-0.1, -0.05) is 0 Å². The fourth-order valence-corrected chi connectivity index (χ4v) is 2.90. The predicted octanol–water partition coefficient (Wildman–Crippen LogP) is 2.00. The van der Waals surface area contributed by atoms with E-state index in [0.29, 0.717) is 22.2 Å². The van der Waals surface area contributed by atoms with Gasteiger partial charge in [-0.15, -0.1) is 0 Å². The standard InChI is InChI=1S/C19H18N2O5/c1-10-6-12(9-21(3)18(10)24)20-17(23)8-15-11(2)14-5-4-13(22)7-16(14)26-19(15)25/h4-7,9,22H,8H2,1-3H3,(H,20,23). The highest BCUT2D eigenvalue weighted by molar-refractivity contribution is 5.93. The molecule has 0 radical (unpaired) electrons. The summed E-state index contributed by atoms with van der Waals surface area (Å²) in [6, 6.07) is 6.08. The largest absolute Gasteiger partial charge is 0.508 e. The van der Waals surface area contributed by atoms with Crippen molar-refractivity contribution >= 4 is 22.6 Å². The lowest BCUT2D eigenvalue weighted by Gasteiger charge is -2.10. The number of benzene rings is 1. The second kappa shape index (κ2) is 6.51. The van der Waals surface area contributed by atoms with Crippen LogP contribution in [0.15, 0.2) is 44.5 Å². The Morgan fingerprint density at radius 3 is 2.65 bits per heavy atom. The van der Waals surface area contributed by atoms with E-state index < -0.39 is 11.5 Å². The van der Waals surface area contributed by atoms with Crippen molar-refractivity contribution in [2.24, 2.45) is 7.05 Å². The summed E-state index contributed by atoms with van der Waals surface area (Å²) in [4.78, 5) is 36.3. The minimum absolute atomic E-state index is 0.00407. The molecule has 0 saturated carbocycles. The molecule has 2 heterocycles. The monoisotopic (exact) mass is 354 g/mol. The third kappa shape index (κ3) is 3.23. The maximum Gasteiger partial charge on any atom is 0.340 e. The van der Waals surface area contributed by atoms with Gasteiger partial charge in [0.15, 0.2) is 0 Å². The van der Waals surface area contributed by atoms with Crippen LogP contribution in [0.3, 0.4) is 0 Å². The van der Waals surface area contributed by atoms with Gasteiger partial charge in [0.1, 0.15) is 11.3 Å². The third-order valence-electron chi connectivity index (χ3n) is 4.25. The molecule has 0 aliphatic carbocycles. The molecule has 0 aliphatic rings. The zero-order chi connectivity index (χ0) is 19.0. The summed E-state index contributed by atoms with van der Waals surface area (Å²) in [5, 5.41) is 12.9. The van der Waals surface area contributed by atoms with E-state index in [0.717, 1.165) is 0 Å². The Labute approximate surface area is 148 Å². The molecule has 134 valence electrons. The number of aromatic hydroxyl groups is 1. The van der Waals surface area contributed by atoms with Crippen molar-refractivity contribution in [1.82, 2.24) is 4.57 Å².